The molecule has 1 fully saturated rings. The molecule has 5 N–H and O–H groups in total. The number of alkyl halides is 3. The fraction of sp³-hybridized carbons (Fsp3) is 0.464. The molecule has 228 valence electrons. The summed E-state index contributed by atoms with van der Waals surface area (Å²) in [7, 11) is 0. The van der Waals surface area contributed by atoms with Crippen LogP contribution in [0, 0.1) is 16.7 Å². The average Bonchev–Trinajstić information content (AvgIpc) is 2.89. The zero-order chi connectivity index (χ0) is 31.1. The summed E-state index contributed by atoms with van der Waals surface area (Å²) >= 11 is 12.3. The van der Waals surface area contributed by atoms with Gasteiger partial charge in [-0.3, -0.25) is 15.5 Å². The standard InChI is InChI=1S/C28H35Cl2F3N8O/c1-27(2,3)19-8-10-23(11-9-19)41(15-17-4-6-18(7-5-17)24(42)38-25(34)39-40-35)26(36-16-28(31,32)33)37-22-13-20(29)12-21(30)14-22/h4-7,12-14,19,23H,8-11,15-16H2,1-3H3,(H,36,37)(H4,34,35,38,39,42). The Morgan fingerprint density at radius 3 is 2.17 bits per heavy atom. The highest BCUT2D eigenvalue weighted by atomic mass is 35.5. The zero-order valence-corrected chi connectivity index (χ0v) is 25.1. The third kappa shape index (κ3) is 10.2. The van der Waals surface area contributed by atoms with Gasteiger partial charge in [0.2, 0.25) is 5.96 Å². The summed E-state index contributed by atoms with van der Waals surface area (Å²) in [4.78, 5) is 18.2. The summed E-state index contributed by atoms with van der Waals surface area (Å²) in [6.07, 6.45) is -1.13. The van der Waals surface area contributed by atoms with Crippen molar-refractivity contribution in [2.24, 2.45) is 32.5 Å². The van der Waals surface area contributed by atoms with Crippen LogP contribution in [0.4, 0.5) is 18.9 Å². The first kappa shape index (κ1) is 33.1. The minimum atomic E-state index is -4.51. The van der Waals surface area contributed by atoms with Crippen molar-refractivity contribution < 1.29 is 18.0 Å². The fourth-order valence-electron chi connectivity index (χ4n) is 4.97. The van der Waals surface area contributed by atoms with Gasteiger partial charge in [-0.25, -0.2) is 4.99 Å². The number of nitrogens with one attached hydrogen (secondary N) is 3. The number of benzene rings is 2. The lowest BCUT2D eigenvalue weighted by Crippen LogP contribution is -2.46. The van der Waals surface area contributed by atoms with Gasteiger partial charge in [0, 0.05) is 33.9 Å². The van der Waals surface area contributed by atoms with E-state index >= 15 is 0 Å². The van der Waals surface area contributed by atoms with Crippen molar-refractivity contribution in [2.75, 3.05) is 11.9 Å². The fourth-order valence-corrected chi connectivity index (χ4v) is 5.50. The predicted octanol–water partition coefficient (Wildman–Crippen LogP) is 7.42. The average molecular weight is 628 g/mol. The second-order valence-electron chi connectivity index (χ2n) is 11.3. The molecule has 1 aliphatic carbocycles. The summed E-state index contributed by atoms with van der Waals surface area (Å²) < 4.78 is 40.2. The number of nitrogens with zero attached hydrogens (tertiary/aromatic N) is 4. The van der Waals surface area contributed by atoms with Crippen molar-refractivity contribution in [3.05, 3.63) is 63.6 Å². The minimum absolute atomic E-state index is 0.0484. The van der Waals surface area contributed by atoms with E-state index in [9.17, 15) is 18.0 Å². The van der Waals surface area contributed by atoms with Crippen LogP contribution in [0.3, 0.4) is 0 Å². The maximum Gasteiger partial charge on any atom is 0.408 e. The first-order valence-corrected chi connectivity index (χ1v) is 14.1. The van der Waals surface area contributed by atoms with Crippen molar-refractivity contribution in [3.63, 3.8) is 0 Å². The molecule has 0 atom stereocenters. The van der Waals surface area contributed by atoms with Gasteiger partial charge in [-0.2, -0.15) is 13.2 Å². The topological polar surface area (TPSA) is 131 Å². The van der Waals surface area contributed by atoms with E-state index in [2.05, 4.69) is 46.7 Å². The highest BCUT2D eigenvalue weighted by Gasteiger charge is 2.34. The van der Waals surface area contributed by atoms with E-state index < -0.39 is 24.6 Å². The molecule has 42 heavy (non-hydrogen) atoms. The lowest BCUT2D eigenvalue weighted by molar-refractivity contribution is -0.118. The number of nitrogens with two attached hydrogens (primary N) is 1. The molecule has 0 bridgehead atoms. The molecule has 0 radical (unpaired) electrons. The highest BCUT2D eigenvalue weighted by molar-refractivity contribution is 6.35. The molecule has 9 nitrogen and oxygen atoms in total. The van der Waals surface area contributed by atoms with Crippen molar-refractivity contribution in [3.8, 4) is 0 Å². The summed E-state index contributed by atoms with van der Waals surface area (Å²) in [6, 6.07) is 11.1. The Kier molecular flexibility index (Phi) is 11.2. The van der Waals surface area contributed by atoms with Crippen LogP contribution < -0.4 is 16.5 Å². The van der Waals surface area contributed by atoms with Gasteiger partial charge in [-0.1, -0.05) is 66.4 Å². The molecule has 0 aliphatic heterocycles. The number of aliphatic imine (C=N–C) groups is 1. The van der Waals surface area contributed by atoms with E-state index in [1.54, 1.807) is 36.4 Å². The van der Waals surface area contributed by atoms with E-state index in [4.69, 9.17) is 34.5 Å². The zero-order valence-electron chi connectivity index (χ0n) is 23.6. The minimum Gasteiger partial charge on any atom is -0.335 e. The molecule has 14 heteroatoms. The summed E-state index contributed by atoms with van der Waals surface area (Å²) in [5.41, 5.74) is 1.53. The van der Waals surface area contributed by atoms with E-state index in [1.165, 1.54) is 6.07 Å². The molecule has 2 aromatic rings. The Labute approximate surface area is 253 Å². The molecular weight excluding hydrogens is 592 g/mol. The summed E-state index contributed by atoms with van der Waals surface area (Å²) in [6.45, 7) is 5.46. The van der Waals surface area contributed by atoms with Crippen molar-refractivity contribution >= 4 is 46.7 Å². The van der Waals surface area contributed by atoms with E-state index in [0.717, 1.165) is 31.2 Å². The quantitative estimate of drug-likeness (QED) is 0.0873. The van der Waals surface area contributed by atoms with Crippen LogP contribution in [0.2, 0.25) is 10.0 Å². The van der Waals surface area contributed by atoms with Gasteiger partial charge in [0.15, 0.2) is 5.96 Å². The molecule has 2 aromatic carbocycles. The van der Waals surface area contributed by atoms with Crippen molar-refractivity contribution in [1.29, 1.82) is 5.41 Å². The molecule has 0 spiro atoms. The molecule has 3 rings (SSSR count). The van der Waals surface area contributed by atoms with E-state index in [1.807, 2.05) is 4.90 Å². The number of carbonyl (C=O) groups excluding carboxylic acids is 1. The highest BCUT2D eigenvalue weighted by Crippen LogP contribution is 2.39. The van der Waals surface area contributed by atoms with E-state index in [0.29, 0.717) is 21.7 Å². The molecule has 0 aromatic heterocycles. The molecule has 1 amide bonds. The van der Waals surface area contributed by atoms with E-state index in [-0.39, 0.29) is 29.5 Å². The maximum atomic E-state index is 13.4. The Balaban J connectivity index is 1.94. The number of halogens is 5. The number of hydrogen-bond acceptors (Lipinski definition) is 4. The Hall–Kier alpha value is -3.38. The van der Waals surface area contributed by atoms with Gasteiger partial charge in [0.1, 0.15) is 6.54 Å². The SMILES string of the molecule is CC(C)(C)C1CCC(N(Cc2ccc(C(=O)NC(=N)N=NN)cc2)C(=NCC(F)(F)F)Nc2cc(Cl)cc(Cl)c2)CC1. The lowest BCUT2D eigenvalue weighted by Gasteiger charge is -2.42. The third-order valence-electron chi connectivity index (χ3n) is 7.12. The molecule has 0 heterocycles. The number of anilines is 1. The predicted molar refractivity (Wildman–Crippen MR) is 160 cm³/mol. The monoisotopic (exact) mass is 626 g/mol. The van der Waals surface area contributed by atoms with Gasteiger partial charge in [-0.05, 0) is 72.9 Å². The summed E-state index contributed by atoms with van der Waals surface area (Å²) in [5, 5.41) is 19.7. The molecule has 0 unspecified atom stereocenters. The number of guanidine groups is 2. The van der Waals surface area contributed by atoms with Crippen molar-refractivity contribution in [2.45, 2.75) is 65.2 Å². The van der Waals surface area contributed by atoms with Crippen LogP contribution in [-0.2, 0) is 6.54 Å². The summed E-state index contributed by atoms with van der Waals surface area (Å²) in [5.74, 6) is 4.35. The van der Waals surface area contributed by atoms with Crippen LogP contribution in [0.15, 0.2) is 57.8 Å². The first-order chi connectivity index (χ1) is 19.6. The smallest absolute Gasteiger partial charge is 0.335 e. The maximum absolute atomic E-state index is 13.4. The first-order valence-electron chi connectivity index (χ1n) is 13.4. The molecule has 1 aliphatic rings. The number of carbonyl (C=O) groups is 1. The van der Waals surface area contributed by atoms with Crippen LogP contribution in [0.25, 0.3) is 0 Å². The van der Waals surface area contributed by atoms with Gasteiger partial charge in [-0.15, -0.1) is 0 Å². The largest absolute Gasteiger partial charge is 0.408 e. The number of amides is 1. The Morgan fingerprint density at radius 1 is 1.05 bits per heavy atom. The van der Waals surface area contributed by atoms with Crippen molar-refractivity contribution in [1.82, 2.24) is 10.2 Å². The molecular formula is C28H35Cl2F3N8O. The second-order valence-corrected chi connectivity index (χ2v) is 12.1. The Morgan fingerprint density at radius 2 is 1.64 bits per heavy atom. The van der Waals surface area contributed by atoms with Crippen LogP contribution in [0.5, 0.6) is 0 Å². The van der Waals surface area contributed by atoms with Gasteiger partial charge < -0.3 is 16.1 Å². The molecule has 0 saturated heterocycles. The second kappa shape index (κ2) is 14.2. The van der Waals surface area contributed by atoms with Crippen LogP contribution in [-0.4, -0.2) is 41.5 Å². The third-order valence-corrected chi connectivity index (χ3v) is 7.56. The van der Waals surface area contributed by atoms with Gasteiger partial charge >= 0.3 is 6.18 Å². The lowest BCUT2D eigenvalue weighted by atomic mass is 9.71. The number of rotatable bonds is 6. The Bertz CT molecular complexity index is 1280. The number of hydrogen-bond donors (Lipinski definition) is 4. The van der Waals surface area contributed by atoms with Gasteiger partial charge in [0.05, 0.1) is 0 Å². The normalized spacial score (nSPS) is 18.1. The van der Waals surface area contributed by atoms with Gasteiger partial charge in [0.25, 0.3) is 5.91 Å². The molecule has 1 saturated carbocycles. The van der Waals surface area contributed by atoms with Crippen LogP contribution >= 0.6 is 23.2 Å². The van der Waals surface area contributed by atoms with Crippen LogP contribution in [0.1, 0.15) is 62.4 Å².